The number of benzene rings is 2. The lowest BCUT2D eigenvalue weighted by molar-refractivity contribution is -0.162. The lowest BCUT2D eigenvalue weighted by Gasteiger charge is -2.39. The summed E-state index contributed by atoms with van der Waals surface area (Å²) < 4.78 is 5.91. The SMILES string of the molecule is CC(C)(C)C[C@@H]1N[C@@](C)(C(=O)OC(C)(C)C)[C@H](c2cccc(Cl)c2)[C@@]1(C#N)c1ccc(Cl)cc1. The average Bonchev–Trinajstić information content (AvgIpc) is 2.95. The highest BCUT2D eigenvalue weighted by atomic mass is 35.5. The first-order valence-corrected chi connectivity index (χ1v) is 12.3. The van der Waals surface area contributed by atoms with E-state index in [4.69, 9.17) is 27.9 Å². The van der Waals surface area contributed by atoms with Crippen molar-refractivity contribution in [3.8, 4) is 6.07 Å². The van der Waals surface area contributed by atoms with Crippen LogP contribution in [0.3, 0.4) is 0 Å². The van der Waals surface area contributed by atoms with E-state index in [0.717, 1.165) is 11.1 Å². The molecule has 0 amide bonds. The highest BCUT2D eigenvalue weighted by molar-refractivity contribution is 6.30. The number of nitriles is 1. The molecule has 0 radical (unpaired) electrons. The molecule has 3 rings (SSSR count). The van der Waals surface area contributed by atoms with Gasteiger partial charge in [0.1, 0.15) is 16.6 Å². The summed E-state index contributed by atoms with van der Waals surface area (Å²) in [5, 5.41) is 15.7. The van der Waals surface area contributed by atoms with Crippen molar-refractivity contribution in [2.45, 2.75) is 83.4 Å². The van der Waals surface area contributed by atoms with Crippen LogP contribution < -0.4 is 5.32 Å². The standard InChI is InChI=1S/C28H34Cl2N2O2/c1-25(2,3)16-22-28(17-31,19-11-13-20(29)14-12-19)23(18-9-8-10-21(30)15-18)27(7,32-22)24(33)34-26(4,5)6/h8-15,22-23,32H,16H2,1-7H3/t22-,23-,27+,28-/m0/s1. The molecule has 1 N–H and O–H groups in total. The van der Waals surface area contributed by atoms with Crippen molar-refractivity contribution in [3.63, 3.8) is 0 Å². The first kappa shape index (κ1) is 26.5. The summed E-state index contributed by atoms with van der Waals surface area (Å²) in [5.74, 6) is -0.956. The third-order valence-electron chi connectivity index (χ3n) is 6.38. The molecule has 2 aromatic carbocycles. The second-order valence-electron chi connectivity index (χ2n) is 11.6. The van der Waals surface area contributed by atoms with Gasteiger partial charge in [0.25, 0.3) is 0 Å². The Bertz CT molecular complexity index is 1100. The van der Waals surface area contributed by atoms with Crippen LogP contribution in [0, 0.1) is 16.7 Å². The molecule has 0 spiro atoms. The number of nitrogens with zero attached hydrogens (tertiary/aromatic N) is 1. The minimum atomic E-state index is -1.18. The molecule has 0 bridgehead atoms. The number of carbonyl (C=O) groups excluding carboxylic acids is 1. The topological polar surface area (TPSA) is 62.1 Å². The minimum Gasteiger partial charge on any atom is -0.459 e. The van der Waals surface area contributed by atoms with Crippen LogP contribution in [0.25, 0.3) is 0 Å². The Morgan fingerprint density at radius 3 is 2.18 bits per heavy atom. The second kappa shape index (κ2) is 9.19. The van der Waals surface area contributed by atoms with E-state index in [1.807, 2.05) is 58.0 Å². The van der Waals surface area contributed by atoms with Crippen LogP contribution in [-0.2, 0) is 14.9 Å². The van der Waals surface area contributed by atoms with Gasteiger partial charge in [0.15, 0.2) is 0 Å². The first-order chi connectivity index (χ1) is 15.6. The van der Waals surface area contributed by atoms with Crippen LogP contribution in [0.15, 0.2) is 48.5 Å². The van der Waals surface area contributed by atoms with Crippen molar-refractivity contribution in [1.29, 1.82) is 5.26 Å². The van der Waals surface area contributed by atoms with E-state index >= 15 is 0 Å². The van der Waals surface area contributed by atoms with Gasteiger partial charge in [-0.15, -0.1) is 0 Å². The Hall–Kier alpha value is -2.06. The van der Waals surface area contributed by atoms with Gasteiger partial charge in [-0.1, -0.05) is 68.2 Å². The number of esters is 1. The highest BCUT2D eigenvalue weighted by Crippen LogP contribution is 2.55. The number of hydrogen-bond acceptors (Lipinski definition) is 4. The Labute approximate surface area is 213 Å². The molecule has 4 atom stereocenters. The summed E-state index contributed by atoms with van der Waals surface area (Å²) in [4.78, 5) is 13.8. The van der Waals surface area contributed by atoms with Crippen molar-refractivity contribution >= 4 is 29.2 Å². The van der Waals surface area contributed by atoms with E-state index in [1.165, 1.54) is 0 Å². The van der Waals surface area contributed by atoms with Gasteiger partial charge < -0.3 is 4.74 Å². The van der Waals surface area contributed by atoms with Gasteiger partial charge >= 0.3 is 5.97 Å². The van der Waals surface area contributed by atoms with Crippen LogP contribution in [0.1, 0.15) is 71.9 Å². The van der Waals surface area contributed by atoms with Crippen LogP contribution in [0.4, 0.5) is 0 Å². The van der Waals surface area contributed by atoms with Gasteiger partial charge in [-0.05, 0) is 74.9 Å². The molecule has 1 aliphatic heterocycles. The summed E-state index contributed by atoms with van der Waals surface area (Å²) >= 11 is 12.6. The monoisotopic (exact) mass is 500 g/mol. The summed E-state index contributed by atoms with van der Waals surface area (Å²) in [7, 11) is 0. The fraction of sp³-hybridized carbons (Fsp3) is 0.500. The lowest BCUT2D eigenvalue weighted by atomic mass is 9.60. The van der Waals surface area contributed by atoms with Crippen molar-refractivity contribution in [2.75, 3.05) is 0 Å². The fourth-order valence-corrected chi connectivity index (χ4v) is 5.51. The largest absolute Gasteiger partial charge is 0.459 e. The number of nitrogens with one attached hydrogen (secondary N) is 1. The third-order valence-corrected chi connectivity index (χ3v) is 6.87. The van der Waals surface area contributed by atoms with Crippen molar-refractivity contribution in [1.82, 2.24) is 5.32 Å². The number of ether oxygens (including phenoxy) is 1. The summed E-state index contributed by atoms with van der Waals surface area (Å²) in [6.45, 7) is 13.8. The zero-order valence-corrected chi connectivity index (χ0v) is 22.5. The number of carbonyl (C=O) groups is 1. The molecule has 0 aromatic heterocycles. The number of hydrogen-bond donors (Lipinski definition) is 1. The maximum absolute atomic E-state index is 13.8. The Morgan fingerprint density at radius 2 is 1.68 bits per heavy atom. The van der Waals surface area contributed by atoms with E-state index in [0.29, 0.717) is 16.5 Å². The molecule has 182 valence electrons. The Kier molecular flexibility index (Phi) is 7.17. The van der Waals surface area contributed by atoms with E-state index in [2.05, 4.69) is 32.2 Å². The van der Waals surface area contributed by atoms with Gasteiger partial charge in [-0.25, -0.2) is 0 Å². The minimum absolute atomic E-state index is 0.107. The summed E-state index contributed by atoms with van der Waals surface area (Å²) in [6, 6.07) is 17.1. The van der Waals surface area contributed by atoms with Crippen molar-refractivity contribution in [3.05, 3.63) is 69.7 Å². The lowest BCUT2D eigenvalue weighted by Crippen LogP contribution is -2.53. The van der Waals surface area contributed by atoms with Crippen molar-refractivity contribution in [2.24, 2.45) is 5.41 Å². The Balaban J connectivity index is 2.35. The van der Waals surface area contributed by atoms with E-state index in [1.54, 1.807) is 18.2 Å². The smallest absolute Gasteiger partial charge is 0.327 e. The van der Waals surface area contributed by atoms with Crippen molar-refractivity contribution < 1.29 is 9.53 Å². The molecule has 0 saturated carbocycles. The number of rotatable bonds is 4. The molecule has 1 aliphatic rings. The molecule has 6 heteroatoms. The van der Waals surface area contributed by atoms with E-state index in [9.17, 15) is 10.1 Å². The first-order valence-electron chi connectivity index (χ1n) is 11.6. The van der Waals surface area contributed by atoms with Gasteiger partial charge in [0.2, 0.25) is 0 Å². The Morgan fingerprint density at radius 1 is 1.06 bits per heavy atom. The van der Waals surface area contributed by atoms with Crippen LogP contribution in [0.5, 0.6) is 0 Å². The summed E-state index contributed by atoms with van der Waals surface area (Å²) in [6.07, 6.45) is 0.665. The molecule has 2 aromatic rings. The second-order valence-corrected chi connectivity index (χ2v) is 12.5. The molecular formula is C28H34Cl2N2O2. The third kappa shape index (κ3) is 5.13. The maximum Gasteiger partial charge on any atom is 0.327 e. The molecule has 1 fully saturated rings. The predicted molar refractivity (Wildman–Crippen MR) is 138 cm³/mol. The van der Waals surface area contributed by atoms with Gasteiger partial charge in [0, 0.05) is 22.0 Å². The van der Waals surface area contributed by atoms with Crippen LogP contribution in [0.2, 0.25) is 10.0 Å². The highest BCUT2D eigenvalue weighted by Gasteiger charge is 2.66. The maximum atomic E-state index is 13.8. The average molecular weight is 501 g/mol. The molecule has 34 heavy (non-hydrogen) atoms. The zero-order valence-electron chi connectivity index (χ0n) is 21.0. The van der Waals surface area contributed by atoms with Gasteiger partial charge in [-0.2, -0.15) is 5.26 Å². The van der Waals surface area contributed by atoms with Crippen LogP contribution in [-0.4, -0.2) is 23.2 Å². The normalized spacial score (nSPS) is 27.3. The fourth-order valence-electron chi connectivity index (χ4n) is 5.18. The molecule has 4 nitrogen and oxygen atoms in total. The molecule has 0 aliphatic carbocycles. The number of halogens is 2. The summed E-state index contributed by atoms with van der Waals surface area (Å²) in [5.41, 5.74) is -1.43. The zero-order chi connectivity index (χ0) is 25.5. The van der Waals surface area contributed by atoms with E-state index < -0.39 is 28.4 Å². The van der Waals surface area contributed by atoms with Crippen LogP contribution >= 0.6 is 23.2 Å². The quantitative estimate of drug-likeness (QED) is 0.456. The van der Waals surface area contributed by atoms with Gasteiger partial charge in [-0.3, -0.25) is 10.1 Å². The van der Waals surface area contributed by atoms with E-state index in [-0.39, 0.29) is 11.5 Å². The molecule has 0 unspecified atom stereocenters. The predicted octanol–water partition coefficient (Wildman–Crippen LogP) is 7.05. The molecule has 1 saturated heterocycles. The molecule has 1 heterocycles. The molecular weight excluding hydrogens is 467 g/mol. The van der Waals surface area contributed by atoms with Gasteiger partial charge in [0.05, 0.1) is 6.07 Å².